The van der Waals surface area contributed by atoms with Gasteiger partial charge in [0, 0.05) is 18.1 Å². The van der Waals surface area contributed by atoms with Crippen LogP contribution in [0.4, 0.5) is 5.69 Å². The Labute approximate surface area is 117 Å². The zero-order valence-corrected chi connectivity index (χ0v) is 11.3. The Morgan fingerprint density at radius 3 is 2.47 bits per heavy atom. The number of rotatable bonds is 3. The molecule has 19 heavy (non-hydrogen) atoms. The van der Waals surface area contributed by atoms with Crippen molar-refractivity contribution in [1.82, 2.24) is 10.4 Å². The maximum Gasteiger partial charge on any atom is 0.191 e. The molecule has 2 rings (SSSR count). The number of thiocarbonyl (C=S) groups is 1. The van der Waals surface area contributed by atoms with Crippen molar-refractivity contribution >= 4 is 28.7 Å². The van der Waals surface area contributed by atoms with Crippen molar-refractivity contribution in [3.63, 3.8) is 0 Å². The van der Waals surface area contributed by atoms with Crippen molar-refractivity contribution in [3.05, 3.63) is 60.4 Å². The molecule has 1 aromatic carbocycles. The average Bonchev–Trinajstić information content (AvgIpc) is 2.47. The van der Waals surface area contributed by atoms with Gasteiger partial charge in [0.05, 0.1) is 5.71 Å². The predicted molar refractivity (Wildman–Crippen MR) is 82.2 cm³/mol. The van der Waals surface area contributed by atoms with Crippen molar-refractivity contribution in [3.8, 4) is 0 Å². The van der Waals surface area contributed by atoms with Gasteiger partial charge in [-0.1, -0.05) is 30.3 Å². The van der Waals surface area contributed by atoms with Gasteiger partial charge in [-0.15, -0.1) is 0 Å². The molecule has 0 saturated heterocycles. The summed E-state index contributed by atoms with van der Waals surface area (Å²) in [7, 11) is 0. The summed E-state index contributed by atoms with van der Waals surface area (Å²) in [5.41, 5.74) is 5.62. The minimum Gasteiger partial charge on any atom is -0.331 e. The zero-order valence-electron chi connectivity index (χ0n) is 10.5. The monoisotopic (exact) mass is 270 g/mol. The fraction of sp³-hybridized carbons (Fsp3) is 0.0714. The number of hydrogen-bond donors (Lipinski definition) is 2. The van der Waals surface area contributed by atoms with Crippen LogP contribution < -0.4 is 10.7 Å². The lowest BCUT2D eigenvalue weighted by molar-refractivity contribution is 1.04. The first kappa shape index (κ1) is 13.2. The van der Waals surface area contributed by atoms with Gasteiger partial charge in [-0.05, 0) is 36.8 Å². The molecule has 0 atom stereocenters. The van der Waals surface area contributed by atoms with Crippen LogP contribution in [0.3, 0.4) is 0 Å². The molecule has 1 heterocycles. The highest BCUT2D eigenvalue weighted by Crippen LogP contribution is 2.03. The molecule has 0 aliphatic rings. The Balaban J connectivity index is 1.93. The Bertz CT molecular complexity index is 567. The van der Waals surface area contributed by atoms with E-state index in [1.54, 1.807) is 12.4 Å². The number of aromatic nitrogens is 1. The first-order valence-corrected chi connectivity index (χ1v) is 6.23. The molecule has 5 heteroatoms. The molecular formula is C14H14N4S. The van der Waals surface area contributed by atoms with Crippen LogP contribution in [-0.4, -0.2) is 15.8 Å². The molecule has 0 aliphatic heterocycles. The van der Waals surface area contributed by atoms with Gasteiger partial charge in [0.1, 0.15) is 0 Å². The van der Waals surface area contributed by atoms with Gasteiger partial charge in [-0.25, -0.2) is 0 Å². The van der Waals surface area contributed by atoms with E-state index < -0.39 is 0 Å². The molecule has 0 unspecified atom stereocenters. The zero-order chi connectivity index (χ0) is 13.5. The molecule has 1 aromatic heterocycles. The molecule has 4 nitrogen and oxygen atoms in total. The van der Waals surface area contributed by atoms with Crippen LogP contribution in [0.1, 0.15) is 12.5 Å². The maximum absolute atomic E-state index is 5.15. The Kier molecular flexibility index (Phi) is 4.58. The molecule has 2 N–H and O–H groups in total. The van der Waals surface area contributed by atoms with E-state index in [0.717, 1.165) is 17.0 Å². The summed E-state index contributed by atoms with van der Waals surface area (Å²) in [5.74, 6) is 0. The van der Waals surface area contributed by atoms with E-state index in [9.17, 15) is 0 Å². The van der Waals surface area contributed by atoms with Gasteiger partial charge >= 0.3 is 0 Å². The summed E-state index contributed by atoms with van der Waals surface area (Å²) in [6.45, 7) is 1.93. The fourth-order valence-corrected chi connectivity index (χ4v) is 1.64. The number of hydrazone groups is 1. The van der Waals surface area contributed by atoms with Gasteiger partial charge in [-0.2, -0.15) is 5.10 Å². The average molecular weight is 270 g/mol. The number of anilines is 1. The van der Waals surface area contributed by atoms with E-state index in [0.29, 0.717) is 5.11 Å². The van der Waals surface area contributed by atoms with Gasteiger partial charge in [0.15, 0.2) is 5.11 Å². The normalized spacial score (nSPS) is 10.9. The summed E-state index contributed by atoms with van der Waals surface area (Å²) in [4.78, 5) is 3.94. The van der Waals surface area contributed by atoms with Crippen LogP contribution in [0.25, 0.3) is 0 Å². The Hall–Kier alpha value is -2.27. The van der Waals surface area contributed by atoms with Crippen molar-refractivity contribution in [1.29, 1.82) is 0 Å². The molecule has 0 spiro atoms. The van der Waals surface area contributed by atoms with E-state index in [4.69, 9.17) is 12.2 Å². The van der Waals surface area contributed by atoms with E-state index in [2.05, 4.69) is 20.8 Å². The number of nitrogens with zero attached hydrogens (tertiary/aromatic N) is 2. The lowest BCUT2D eigenvalue weighted by atomic mass is 10.1. The molecule has 0 radical (unpaired) electrons. The quantitative estimate of drug-likeness (QED) is 0.511. The molecule has 0 fully saturated rings. The van der Waals surface area contributed by atoms with Crippen molar-refractivity contribution < 1.29 is 0 Å². The molecule has 0 amide bonds. The largest absolute Gasteiger partial charge is 0.331 e. The molecule has 96 valence electrons. The van der Waals surface area contributed by atoms with E-state index >= 15 is 0 Å². The first-order valence-electron chi connectivity index (χ1n) is 5.82. The first-order chi connectivity index (χ1) is 9.25. The molecule has 0 bridgehead atoms. The number of benzene rings is 1. The fourth-order valence-electron chi connectivity index (χ4n) is 1.47. The lowest BCUT2D eigenvalue weighted by Gasteiger charge is -2.07. The summed E-state index contributed by atoms with van der Waals surface area (Å²) in [6, 6.07) is 13.6. The minimum atomic E-state index is 0.446. The van der Waals surface area contributed by atoms with Crippen LogP contribution in [0.2, 0.25) is 0 Å². The van der Waals surface area contributed by atoms with Crippen molar-refractivity contribution in [2.45, 2.75) is 6.92 Å². The minimum absolute atomic E-state index is 0.446. The Morgan fingerprint density at radius 1 is 1.11 bits per heavy atom. The highest BCUT2D eigenvalue weighted by atomic mass is 32.1. The topological polar surface area (TPSA) is 49.3 Å². The third kappa shape index (κ3) is 4.15. The van der Waals surface area contributed by atoms with Crippen LogP contribution in [0.15, 0.2) is 60.0 Å². The second-order valence-corrected chi connectivity index (χ2v) is 4.27. The summed E-state index contributed by atoms with van der Waals surface area (Å²) < 4.78 is 0. The van der Waals surface area contributed by atoms with Crippen LogP contribution in [-0.2, 0) is 0 Å². The second kappa shape index (κ2) is 6.61. The van der Waals surface area contributed by atoms with E-state index in [-0.39, 0.29) is 0 Å². The predicted octanol–water partition coefficient (Wildman–Crippen LogP) is 2.79. The molecule has 0 saturated carbocycles. The summed E-state index contributed by atoms with van der Waals surface area (Å²) >= 11 is 5.15. The molecule has 0 aliphatic carbocycles. The van der Waals surface area contributed by atoms with E-state index in [1.807, 2.05) is 49.4 Å². The van der Waals surface area contributed by atoms with Gasteiger partial charge in [0.2, 0.25) is 0 Å². The van der Waals surface area contributed by atoms with Gasteiger partial charge < -0.3 is 5.32 Å². The Morgan fingerprint density at radius 2 is 1.79 bits per heavy atom. The third-order valence-corrected chi connectivity index (χ3v) is 2.65. The summed E-state index contributed by atoms with van der Waals surface area (Å²) in [6.07, 6.45) is 3.40. The maximum atomic E-state index is 5.15. The second-order valence-electron chi connectivity index (χ2n) is 3.87. The summed E-state index contributed by atoms with van der Waals surface area (Å²) in [5, 5.41) is 7.71. The molecular weight excluding hydrogens is 256 g/mol. The van der Waals surface area contributed by atoms with Crippen molar-refractivity contribution in [2.75, 3.05) is 5.32 Å². The van der Waals surface area contributed by atoms with Crippen LogP contribution >= 0.6 is 12.2 Å². The number of pyridine rings is 1. The van der Waals surface area contributed by atoms with Crippen LogP contribution in [0.5, 0.6) is 0 Å². The van der Waals surface area contributed by atoms with Crippen LogP contribution in [0, 0.1) is 0 Å². The highest BCUT2D eigenvalue weighted by Gasteiger charge is 1.98. The standard InChI is InChI=1S/C14H14N4S/c1-11(12-5-3-2-4-6-12)17-18-14(19)16-13-7-9-15-10-8-13/h2-10H,1H3,(H2,15,16,18,19)/b17-11+. The smallest absolute Gasteiger partial charge is 0.191 e. The number of hydrogen-bond acceptors (Lipinski definition) is 3. The van der Waals surface area contributed by atoms with E-state index in [1.165, 1.54) is 0 Å². The lowest BCUT2D eigenvalue weighted by Crippen LogP contribution is -2.24. The van der Waals surface area contributed by atoms with Crippen molar-refractivity contribution in [2.24, 2.45) is 5.10 Å². The number of nitrogens with one attached hydrogen (secondary N) is 2. The molecule has 2 aromatic rings. The SMILES string of the molecule is C/C(=N\NC(=S)Nc1ccncc1)c1ccccc1. The third-order valence-electron chi connectivity index (χ3n) is 2.45. The van der Waals surface area contributed by atoms with Gasteiger partial charge in [-0.3, -0.25) is 10.4 Å². The highest BCUT2D eigenvalue weighted by molar-refractivity contribution is 7.80. The van der Waals surface area contributed by atoms with Gasteiger partial charge in [0.25, 0.3) is 0 Å².